The summed E-state index contributed by atoms with van der Waals surface area (Å²) < 4.78 is 0. The van der Waals surface area contributed by atoms with E-state index < -0.39 is 8.24 Å². The Labute approximate surface area is 169 Å². The summed E-state index contributed by atoms with van der Waals surface area (Å²) in [6.07, 6.45) is 6.95. The van der Waals surface area contributed by atoms with Crippen molar-refractivity contribution in [3.05, 3.63) is 39.0 Å². The summed E-state index contributed by atoms with van der Waals surface area (Å²) in [7, 11) is 2.91. The fourth-order valence-electron chi connectivity index (χ4n) is 5.53. The van der Waals surface area contributed by atoms with Crippen LogP contribution in [-0.2, 0) is 21.7 Å². The van der Waals surface area contributed by atoms with E-state index in [1.54, 1.807) is 0 Å². The summed E-state index contributed by atoms with van der Waals surface area (Å²) in [4.78, 5) is 7.52. The molecule has 0 radical (unpaired) electrons. The average molecular weight is 385 g/mol. The van der Waals surface area contributed by atoms with Crippen molar-refractivity contribution in [1.82, 2.24) is 4.90 Å². The number of allylic oxidation sites excluding steroid dienone is 1. The molecule has 0 saturated heterocycles. The van der Waals surface area contributed by atoms with Crippen LogP contribution in [0.2, 0.25) is 18.6 Å². The molecule has 3 rings (SSSR count). The van der Waals surface area contributed by atoms with Gasteiger partial charge in [0.15, 0.2) is 0 Å². The number of nitrogens with zero attached hydrogens (tertiary/aromatic N) is 2. The number of hydrogen-bond acceptors (Lipinski definition) is 1. The maximum Gasteiger partial charge on any atom is 4.00 e. The van der Waals surface area contributed by atoms with Gasteiger partial charge in [0.05, 0.1) is 0 Å². The second-order valence-corrected chi connectivity index (χ2v) is 12.6. The smallest absolute Gasteiger partial charge is 0.667 e. The molecule has 1 heterocycles. The van der Waals surface area contributed by atoms with Gasteiger partial charge >= 0.3 is 21.7 Å². The third kappa shape index (κ3) is 4.05. The zero-order valence-corrected chi connectivity index (χ0v) is 20.1. The van der Waals surface area contributed by atoms with Gasteiger partial charge in [0, 0.05) is 24.7 Å². The molecule has 2 aliphatic carbocycles. The Morgan fingerprint density at radius 3 is 2.25 bits per heavy atom. The molecule has 0 aromatic heterocycles. The Bertz CT molecular complexity index is 424. The van der Waals surface area contributed by atoms with Crippen molar-refractivity contribution >= 4 is 8.24 Å². The molecule has 24 heavy (non-hydrogen) atoms. The van der Waals surface area contributed by atoms with Crippen molar-refractivity contribution < 1.29 is 21.7 Å². The Morgan fingerprint density at radius 1 is 1.12 bits per heavy atom. The van der Waals surface area contributed by atoms with E-state index in [4.69, 9.17) is 4.98 Å². The number of fused-ring (bicyclic) bond motifs is 3. The van der Waals surface area contributed by atoms with Crippen LogP contribution in [0.4, 0.5) is 0 Å². The van der Waals surface area contributed by atoms with E-state index in [0.29, 0.717) is 0 Å². The molecule has 0 aromatic carbocycles. The summed E-state index contributed by atoms with van der Waals surface area (Å²) in [5, 5.41) is 0. The molecule has 2 saturated carbocycles. The minimum absolute atomic E-state index is 0. The fraction of sp³-hybridized carbons (Fsp3) is 0.750. The Kier molecular flexibility index (Phi) is 10.4. The topological polar surface area (TPSA) is 17.3 Å². The molecule has 138 valence electrons. The molecule has 6 unspecified atom stereocenters. The third-order valence-electron chi connectivity index (χ3n) is 6.76. The second-order valence-electron chi connectivity index (χ2n) is 8.14. The molecule has 3 aliphatic rings. The van der Waals surface area contributed by atoms with Crippen LogP contribution in [0.3, 0.4) is 0 Å². The van der Waals surface area contributed by atoms with Crippen molar-refractivity contribution in [3.63, 3.8) is 0 Å². The van der Waals surface area contributed by atoms with E-state index in [1.165, 1.54) is 25.0 Å². The Balaban J connectivity index is 0. The van der Waals surface area contributed by atoms with Gasteiger partial charge in [0.2, 0.25) is 0 Å². The minimum Gasteiger partial charge on any atom is -0.667 e. The SMILES string of the molecule is C[N-][Si](C)(C)C1C2CC(C)CCC2C2C=C(C)N(C)C21.[CH3-].[CH3-].[CH3-].[Ti+4]. The molecule has 4 heteroatoms. The van der Waals surface area contributed by atoms with Crippen LogP contribution < -0.4 is 0 Å². The van der Waals surface area contributed by atoms with Crippen molar-refractivity contribution in [2.45, 2.75) is 57.8 Å². The largest absolute Gasteiger partial charge is 4.00 e. The fourth-order valence-corrected chi connectivity index (χ4v) is 8.54. The first-order valence-corrected chi connectivity index (χ1v) is 11.4. The summed E-state index contributed by atoms with van der Waals surface area (Å²) in [5.41, 5.74) is 2.35. The van der Waals surface area contributed by atoms with Crippen LogP contribution in [0.25, 0.3) is 4.98 Å². The summed E-state index contributed by atoms with van der Waals surface area (Å²) in [6.45, 7) is 9.76. The summed E-state index contributed by atoms with van der Waals surface area (Å²) in [5.74, 6) is 3.62. The van der Waals surface area contributed by atoms with E-state index in [-0.39, 0.29) is 44.0 Å². The van der Waals surface area contributed by atoms with Crippen LogP contribution in [0.1, 0.15) is 33.1 Å². The number of hydrogen-bond donors (Lipinski definition) is 0. The van der Waals surface area contributed by atoms with E-state index >= 15 is 0 Å². The zero-order valence-electron chi connectivity index (χ0n) is 17.6. The molecule has 6 atom stereocenters. The number of rotatable bonds is 2. The van der Waals surface area contributed by atoms with Gasteiger partial charge in [-0.25, -0.2) is 0 Å². The van der Waals surface area contributed by atoms with Gasteiger partial charge < -0.3 is 32.2 Å². The Hall–Kier alpha value is 0.431. The van der Waals surface area contributed by atoms with Crippen molar-refractivity contribution in [1.29, 1.82) is 0 Å². The van der Waals surface area contributed by atoms with Crippen molar-refractivity contribution in [3.8, 4) is 0 Å². The average Bonchev–Trinajstić information content (AvgIpc) is 2.85. The molecular formula is C20H40N2SiTi. The Morgan fingerprint density at radius 2 is 1.71 bits per heavy atom. The van der Waals surface area contributed by atoms with Crippen molar-refractivity contribution in [2.24, 2.45) is 23.7 Å². The molecular weight excluding hydrogens is 344 g/mol. The molecule has 2 fully saturated rings. The summed E-state index contributed by atoms with van der Waals surface area (Å²) in [6, 6.07) is 0.751. The first-order chi connectivity index (χ1) is 9.36. The van der Waals surface area contributed by atoms with Gasteiger partial charge in [0.1, 0.15) is 0 Å². The quantitative estimate of drug-likeness (QED) is 0.433. The summed E-state index contributed by atoms with van der Waals surface area (Å²) >= 11 is 0. The van der Waals surface area contributed by atoms with Crippen molar-refractivity contribution in [2.75, 3.05) is 14.1 Å². The van der Waals surface area contributed by atoms with Gasteiger partial charge in [-0.2, -0.15) is 7.05 Å². The second kappa shape index (κ2) is 9.39. The minimum atomic E-state index is -1.49. The van der Waals surface area contributed by atoms with Gasteiger partial charge in [-0.1, -0.05) is 40.8 Å². The molecule has 0 bridgehead atoms. The van der Waals surface area contributed by atoms with Crippen LogP contribution in [-0.4, -0.2) is 33.3 Å². The van der Waals surface area contributed by atoms with E-state index in [9.17, 15) is 0 Å². The van der Waals surface area contributed by atoms with Gasteiger partial charge in [0.25, 0.3) is 0 Å². The van der Waals surface area contributed by atoms with Crippen LogP contribution in [0, 0.1) is 46.0 Å². The van der Waals surface area contributed by atoms with E-state index in [0.717, 1.165) is 35.3 Å². The zero-order chi connectivity index (χ0) is 14.7. The molecule has 1 aliphatic heterocycles. The predicted octanol–water partition coefficient (Wildman–Crippen LogP) is 5.81. The maximum absolute atomic E-state index is 4.93. The standard InChI is InChI=1S/C17H31N2Si.3CH3.Ti/c1-11-7-8-13-14-10-12(2)19(4)16(14)17(15(13)9-11)20(5,6)18-3;;;;/h10-11,13-17H,7-9H2,1-6H3;3*1H3;/q4*-1;+4. The van der Waals surface area contributed by atoms with Gasteiger partial charge in [-0.15, -0.1) is 0 Å². The first kappa shape index (κ1) is 26.7. The van der Waals surface area contributed by atoms with Crippen LogP contribution >= 0.6 is 0 Å². The van der Waals surface area contributed by atoms with Crippen LogP contribution in [0.5, 0.6) is 0 Å². The molecule has 2 nitrogen and oxygen atoms in total. The van der Waals surface area contributed by atoms with Crippen LogP contribution in [0.15, 0.2) is 11.8 Å². The molecule has 0 amide bonds. The third-order valence-corrected chi connectivity index (χ3v) is 10.3. The first-order valence-electron chi connectivity index (χ1n) is 8.39. The maximum atomic E-state index is 4.93. The van der Waals surface area contributed by atoms with Gasteiger partial charge in [-0.3, -0.25) is 0 Å². The predicted molar refractivity (Wildman–Crippen MR) is 109 cm³/mol. The van der Waals surface area contributed by atoms with Gasteiger partial charge in [-0.05, 0) is 43.1 Å². The monoisotopic (exact) mass is 384 g/mol. The molecule has 0 N–H and O–H groups in total. The molecule has 0 spiro atoms. The normalized spacial score (nSPS) is 36.9. The van der Waals surface area contributed by atoms with E-state index in [1.807, 2.05) is 0 Å². The molecule has 0 aromatic rings. The van der Waals surface area contributed by atoms with E-state index in [2.05, 4.69) is 52.0 Å².